The summed E-state index contributed by atoms with van der Waals surface area (Å²) in [7, 11) is -0.644. The van der Waals surface area contributed by atoms with E-state index >= 15 is 0 Å². The highest BCUT2D eigenvalue weighted by atomic mass is 32.1. The van der Waals surface area contributed by atoms with Gasteiger partial charge in [0.15, 0.2) is 0 Å². The van der Waals surface area contributed by atoms with Crippen LogP contribution in [0.3, 0.4) is 0 Å². The molecule has 0 aromatic carbocycles. The van der Waals surface area contributed by atoms with E-state index in [0.29, 0.717) is 24.8 Å². The Morgan fingerprint density at radius 2 is 2.19 bits per heavy atom. The zero-order valence-corrected chi connectivity index (χ0v) is 17.1. The van der Waals surface area contributed by atoms with Gasteiger partial charge in [-0.15, -0.1) is 16.4 Å². The summed E-state index contributed by atoms with van der Waals surface area (Å²) in [4.78, 5) is 20.0. The normalized spacial score (nSPS) is 15.3. The molecule has 4 rings (SSSR count). The number of nitrogens with zero attached hydrogens (tertiary/aromatic N) is 6. The van der Waals surface area contributed by atoms with Crippen LogP contribution in [0.5, 0.6) is 0 Å². The summed E-state index contributed by atoms with van der Waals surface area (Å²) in [5, 5.41) is 15.3. The first-order valence-electron chi connectivity index (χ1n) is 8.96. The lowest BCUT2D eigenvalue weighted by Crippen LogP contribution is -2.40. The molecule has 10 heteroatoms. The number of hydrogen-bond donors (Lipinski definition) is 0. The molecular formula is C17H21N6O2SSi+. The van der Waals surface area contributed by atoms with Crippen molar-refractivity contribution in [3.05, 3.63) is 29.6 Å². The van der Waals surface area contributed by atoms with Crippen LogP contribution in [0.1, 0.15) is 24.7 Å². The molecule has 0 spiro atoms. The number of rotatable bonds is 5. The summed E-state index contributed by atoms with van der Waals surface area (Å²) in [5.41, 5.74) is 0. The van der Waals surface area contributed by atoms with Gasteiger partial charge in [0.05, 0.1) is 24.2 Å². The molecule has 1 aliphatic rings. The zero-order chi connectivity index (χ0) is 18.8. The molecule has 140 valence electrons. The first kappa shape index (κ1) is 18.0. The van der Waals surface area contributed by atoms with E-state index < -0.39 is 8.80 Å². The molecule has 1 saturated heterocycles. The standard InChI is InChI=1S/C17H21N6O2SSi/c1-27(2)14-10-23(21-19-14)11-15(24)22-7-5-12(6-8-22)17-18-16(20-25-17)13-4-3-9-26-13/h3-4,9-10,12H,5-8,11H2,1-2H3/q+1. The van der Waals surface area contributed by atoms with Crippen molar-refractivity contribution >= 4 is 31.4 Å². The summed E-state index contributed by atoms with van der Waals surface area (Å²) in [6.07, 6.45) is 3.55. The SMILES string of the molecule is C[Si+](C)c1cn(CC(=O)N2CCC(c3nc(-c4cccs4)no3)CC2)nn1. The molecule has 0 N–H and O–H groups in total. The van der Waals surface area contributed by atoms with Gasteiger partial charge >= 0.3 is 8.80 Å². The lowest BCUT2D eigenvalue weighted by atomic mass is 9.97. The molecule has 1 fully saturated rings. The summed E-state index contributed by atoms with van der Waals surface area (Å²) in [5.74, 6) is 1.61. The van der Waals surface area contributed by atoms with Crippen molar-refractivity contribution < 1.29 is 9.32 Å². The van der Waals surface area contributed by atoms with Crippen molar-refractivity contribution in [1.82, 2.24) is 30.0 Å². The highest BCUT2D eigenvalue weighted by Gasteiger charge is 2.28. The van der Waals surface area contributed by atoms with Crippen molar-refractivity contribution in [1.29, 1.82) is 0 Å². The number of amides is 1. The molecule has 0 atom stereocenters. The van der Waals surface area contributed by atoms with E-state index in [1.807, 2.05) is 28.6 Å². The van der Waals surface area contributed by atoms with E-state index in [4.69, 9.17) is 4.52 Å². The van der Waals surface area contributed by atoms with Gasteiger partial charge in [-0.3, -0.25) is 4.79 Å². The Balaban J connectivity index is 1.32. The fourth-order valence-electron chi connectivity index (χ4n) is 3.13. The number of thiophene rings is 1. The van der Waals surface area contributed by atoms with Gasteiger partial charge in [0.25, 0.3) is 0 Å². The molecule has 0 radical (unpaired) electrons. The summed E-state index contributed by atoms with van der Waals surface area (Å²) >= 11 is 1.60. The van der Waals surface area contributed by atoms with Crippen LogP contribution in [-0.2, 0) is 11.3 Å². The van der Waals surface area contributed by atoms with Gasteiger partial charge in [-0.05, 0) is 24.3 Å². The number of carbonyl (C=O) groups excluding carboxylic acids is 1. The number of aromatic nitrogens is 5. The molecule has 4 heterocycles. The maximum Gasteiger partial charge on any atom is 0.371 e. The maximum absolute atomic E-state index is 12.5. The monoisotopic (exact) mass is 401 g/mol. The molecule has 1 aliphatic heterocycles. The molecule has 0 unspecified atom stereocenters. The minimum Gasteiger partial charge on any atom is -0.341 e. The second-order valence-electron chi connectivity index (χ2n) is 6.89. The van der Waals surface area contributed by atoms with Crippen LogP contribution in [0, 0.1) is 0 Å². The maximum atomic E-state index is 12.5. The highest BCUT2D eigenvalue weighted by Crippen LogP contribution is 2.29. The van der Waals surface area contributed by atoms with E-state index in [-0.39, 0.29) is 18.4 Å². The first-order chi connectivity index (χ1) is 13.1. The van der Waals surface area contributed by atoms with Crippen LogP contribution in [0.2, 0.25) is 13.1 Å². The van der Waals surface area contributed by atoms with Crippen LogP contribution in [0.15, 0.2) is 28.2 Å². The molecule has 3 aromatic rings. The fraction of sp³-hybridized carbons (Fsp3) is 0.471. The Bertz CT molecular complexity index is 898. The zero-order valence-electron chi connectivity index (χ0n) is 15.3. The lowest BCUT2D eigenvalue weighted by molar-refractivity contribution is -0.133. The van der Waals surface area contributed by atoms with E-state index in [9.17, 15) is 4.79 Å². The summed E-state index contributed by atoms with van der Waals surface area (Å²) in [6, 6.07) is 3.96. The predicted octanol–water partition coefficient (Wildman–Crippen LogP) is 1.76. The van der Waals surface area contributed by atoms with Gasteiger partial charge in [0, 0.05) is 19.0 Å². The molecule has 8 nitrogen and oxygen atoms in total. The molecule has 27 heavy (non-hydrogen) atoms. The van der Waals surface area contributed by atoms with Crippen molar-refractivity contribution in [3.8, 4) is 10.7 Å². The molecule has 1 amide bonds. The number of likely N-dealkylation sites (tertiary alicyclic amines) is 1. The molecule has 3 aromatic heterocycles. The Labute approximate surface area is 162 Å². The summed E-state index contributed by atoms with van der Waals surface area (Å²) in [6.45, 7) is 5.95. The molecule has 0 bridgehead atoms. The minimum atomic E-state index is -0.644. The Hall–Kier alpha value is -2.33. The second-order valence-corrected chi connectivity index (χ2v) is 10.3. The van der Waals surface area contributed by atoms with Crippen LogP contribution in [0.4, 0.5) is 0 Å². The third-order valence-corrected chi connectivity index (χ3v) is 6.85. The van der Waals surface area contributed by atoms with E-state index in [0.717, 1.165) is 23.0 Å². The lowest BCUT2D eigenvalue weighted by Gasteiger charge is -2.30. The van der Waals surface area contributed by atoms with E-state index in [2.05, 4.69) is 33.5 Å². The van der Waals surface area contributed by atoms with Gasteiger partial charge in [-0.25, -0.2) is 4.68 Å². The van der Waals surface area contributed by atoms with Crippen molar-refractivity contribution in [3.63, 3.8) is 0 Å². The van der Waals surface area contributed by atoms with Gasteiger partial charge < -0.3 is 9.42 Å². The Morgan fingerprint density at radius 3 is 2.85 bits per heavy atom. The molecule has 0 saturated carbocycles. The largest absolute Gasteiger partial charge is 0.371 e. The van der Waals surface area contributed by atoms with Crippen LogP contribution in [-0.4, -0.2) is 57.8 Å². The van der Waals surface area contributed by atoms with Gasteiger partial charge in [0.1, 0.15) is 6.54 Å². The van der Waals surface area contributed by atoms with Crippen molar-refractivity contribution in [2.45, 2.75) is 38.4 Å². The second kappa shape index (κ2) is 7.73. The average Bonchev–Trinajstić information content (AvgIpc) is 3.42. The third-order valence-electron chi connectivity index (χ3n) is 4.73. The van der Waals surface area contributed by atoms with Crippen molar-refractivity contribution in [2.24, 2.45) is 0 Å². The highest BCUT2D eigenvalue weighted by molar-refractivity contribution is 7.13. The first-order valence-corrected chi connectivity index (χ1v) is 12.3. The Kier molecular flexibility index (Phi) is 5.17. The van der Waals surface area contributed by atoms with Gasteiger partial charge in [-0.1, -0.05) is 16.4 Å². The minimum absolute atomic E-state index is 0.0793. The topological polar surface area (TPSA) is 89.9 Å². The van der Waals surface area contributed by atoms with Crippen LogP contribution < -0.4 is 5.32 Å². The number of carbonyl (C=O) groups is 1. The van der Waals surface area contributed by atoms with E-state index in [1.54, 1.807) is 16.0 Å². The predicted molar refractivity (Wildman–Crippen MR) is 103 cm³/mol. The third kappa shape index (κ3) is 4.01. The average molecular weight is 402 g/mol. The van der Waals surface area contributed by atoms with Gasteiger partial charge in [-0.2, -0.15) is 4.98 Å². The smallest absolute Gasteiger partial charge is 0.341 e. The van der Waals surface area contributed by atoms with Crippen LogP contribution in [0.25, 0.3) is 10.7 Å². The Morgan fingerprint density at radius 1 is 1.37 bits per heavy atom. The molecule has 0 aliphatic carbocycles. The fourth-order valence-corrected chi connectivity index (χ4v) is 4.43. The quantitative estimate of drug-likeness (QED) is 0.605. The number of piperidine rings is 1. The van der Waals surface area contributed by atoms with E-state index in [1.165, 1.54) is 0 Å². The number of hydrogen-bond acceptors (Lipinski definition) is 7. The molecular weight excluding hydrogens is 380 g/mol. The van der Waals surface area contributed by atoms with Crippen LogP contribution >= 0.6 is 11.3 Å². The summed E-state index contributed by atoms with van der Waals surface area (Å²) < 4.78 is 7.11. The van der Waals surface area contributed by atoms with Crippen molar-refractivity contribution in [2.75, 3.05) is 13.1 Å². The van der Waals surface area contributed by atoms with Gasteiger partial charge in [0.2, 0.25) is 22.9 Å².